The third-order valence-electron chi connectivity index (χ3n) is 2.13. The number of tetrazole rings is 1. The van der Waals surface area contributed by atoms with Crippen molar-refractivity contribution in [3.63, 3.8) is 0 Å². The van der Waals surface area contributed by atoms with Crippen LogP contribution >= 0.6 is 0 Å². The van der Waals surface area contributed by atoms with Gasteiger partial charge in [0.2, 0.25) is 0 Å². The van der Waals surface area contributed by atoms with E-state index in [1.165, 1.54) is 4.68 Å². The summed E-state index contributed by atoms with van der Waals surface area (Å²) in [6, 6.07) is 0. The Hall–Kier alpha value is -1.02. The van der Waals surface area contributed by atoms with Crippen LogP contribution < -0.4 is 0 Å². The van der Waals surface area contributed by atoms with Gasteiger partial charge >= 0.3 is 0 Å². The molecule has 0 saturated carbocycles. The van der Waals surface area contributed by atoms with Gasteiger partial charge in [-0.05, 0) is 23.8 Å². The van der Waals surface area contributed by atoms with Crippen LogP contribution in [0, 0.1) is 0 Å². The van der Waals surface area contributed by atoms with Crippen molar-refractivity contribution < 1.29 is 13.2 Å². The molecule has 0 fully saturated rings. The van der Waals surface area contributed by atoms with Gasteiger partial charge in [0, 0.05) is 13.2 Å². The third-order valence-corrected chi connectivity index (χ3v) is 3.62. The van der Waals surface area contributed by atoms with Gasteiger partial charge in [-0.25, -0.2) is 13.1 Å². The molecule has 17 heavy (non-hydrogen) atoms. The van der Waals surface area contributed by atoms with Crippen LogP contribution in [0.5, 0.6) is 0 Å². The number of aromatic nitrogens is 4. The molecule has 0 unspecified atom stereocenters. The van der Waals surface area contributed by atoms with Crippen molar-refractivity contribution in [3.8, 4) is 0 Å². The maximum absolute atomic E-state index is 11.7. The van der Waals surface area contributed by atoms with E-state index in [1.807, 2.05) is 13.8 Å². The molecule has 0 aromatic carbocycles. The molecule has 0 saturated heterocycles. The van der Waals surface area contributed by atoms with Gasteiger partial charge in [-0.15, -0.1) is 5.10 Å². The van der Waals surface area contributed by atoms with Crippen LogP contribution in [0.3, 0.4) is 0 Å². The lowest BCUT2D eigenvalue weighted by Crippen LogP contribution is -2.17. The largest absolute Gasteiger partial charge is 0.381 e. The molecule has 8 heteroatoms. The number of rotatable bonds is 8. The number of hydrogen-bond donors (Lipinski definition) is 0. The Labute approximate surface area is 101 Å². The number of ether oxygens (including phenoxy) is 1. The molecule has 0 radical (unpaired) electrons. The zero-order valence-electron chi connectivity index (χ0n) is 10.2. The molecule has 0 spiro atoms. The molecule has 0 aliphatic rings. The minimum absolute atomic E-state index is 0.000174. The summed E-state index contributed by atoms with van der Waals surface area (Å²) in [5.41, 5.74) is 0. The first-order chi connectivity index (χ1) is 8.09. The Morgan fingerprint density at radius 2 is 2.12 bits per heavy atom. The Morgan fingerprint density at radius 3 is 2.76 bits per heavy atom. The van der Waals surface area contributed by atoms with Crippen molar-refractivity contribution in [1.82, 2.24) is 20.2 Å². The molecule has 0 amide bonds. The highest BCUT2D eigenvalue weighted by Gasteiger charge is 2.17. The second kappa shape index (κ2) is 6.65. The Bertz CT molecular complexity index is 429. The minimum atomic E-state index is -3.21. The first-order valence-corrected chi connectivity index (χ1v) is 7.44. The molecule has 0 atom stereocenters. The Balaban J connectivity index is 2.59. The second-order valence-electron chi connectivity index (χ2n) is 3.61. The predicted octanol–water partition coefficient (Wildman–Crippen LogP) is 0.0344. The summed E-state index contributed by atoms with van der Waals surface area (Å²) in [5.74, 6) is 0.260. The molecule has 1 aromatic rings. The van der Waals surface area contributed by atoms with Crippen molar-refractivity contribution >= 4 is 9.84 Å². The van der Waals surface area contributed by atoms with Crippen molar-refractivity contribution in [1.29, 1.82) is 0 Å². The second-order valence-corrected chi connectivity index (χ2v) is 5.79. The summed E-state index contributed by atoms with van der Waals surface area (Å²) >= 11 is 0. The van der Waals surface area contributed by atoms with Crippen LogP contribution in [-0.4, -0.2) is 47.6 Å². The number of hydrogen-bond acceptors (Lipinski definition) is 6. The predicted molar refractivity (Wildman–Crippen MR) is 62.1 cm³/mol. The zero-order chi connectivity index (χ0) is 12.7. The standard InChI is InChI=1S/C9H18N4O3S/c1-3-5-13-9(10-11-12-13)8-17(14,15)7-6-16-4-2/h3-8H2,1-2H3. The molecule has 7 nitrogen and oxygen atoms in total. The lowest BCUT2D eigenvalue weighted by atomic mass is 10.5. The van der Waals surface area contributed by atoms with Gasteiger partial charge in [0.25, 0.3) is 0 Å². The van der Waals surface area contributed by atoms with Gasteiger partial charge in [-0.1, -0.05) is 6.92 Å². The van der Waals surface area contributed by atoms with E-state index in [1.54, 1.807) is 0 Å². The molecule has 98 valence electrons. The Morgan fingerprint density at radius 1 is 1.35 bits per heavy atom. The molecule has 0 N–H and O–H groups in total. The monoisotopic (exact) mass is 262 g/mol. The first-order valence-electron chi connectivity index (χ1n) is 5.62. The van der Waals surface area contributed by atoms with Crippen LogP contribution in [0.4, 0.5) is 0 Å². The van der Waals surface area contributed by atoms with Crippen molar-refractivity contribution in [3.05, 3.63) is 5.82 Å². The van der Waals surface area contributed by atoms with E-state index in [2.05, 4.69) is 15.5 Å². The van der Waals surface area contributed by atoms with E-state index < -0.39 is 9.84 Å². The highest BCUT2D eigenvalue weighted by molar-refractivity contribution is 7.90. The maximum atomic E-state index is 11.7. The van der Waals surface area contributed by atoms with Gasteiger partial charge in [-0.3, -0.25) is 0 Å². The van der Waals surface area contributed by atoms with Gasteiger partial charge in [0.1, 0.15) is 5.75 Å². The molecule has 0 aliphatic heterocycles. The molecule has 1 aromatic heterocycles. The lowest BCUT2D eigenvalue weighted by molar-refractivity contribution is 0.163. The smallest absolute Gasteiger partial charge is 0.166 e. The van der Waals surface area contributed by atoms with Crippen LogP contribution in [-0.2, 0) is 26.9 Å². The van der Waals surface area contributed by atoms with E-state index in [0.29, 0.717) is 19.0 Å². The Kier molecular flexibility index (Phi) is 5.49. The van der Waals surface area contributed by atoms with Crippen LogP contribution in [0.1, 0.15) is 26.1 Å². The van der Waals surface area contributed by atoms with Gasteiger partial charge in [0.05, 0.1) is 12.4 Å². The van der Waals surface area contributed by atoms with Crippen molar-refractivity contribution in [2.45, 2.75) is 32.6 Å². The number of aryl methyl sites for hydroxylation is 1. The maximum Gasteiger partial charge on any atom is 0.166 e. The lowest BCUT2D eigenvalue weighted by Gasteiger charge is -2.04. The molecule has 1 heterocycles. The summed E-state index contributed by atoms with van der Waals surface area (Å²) in [5, 5.41) is 11.0. The van der Waals surface area contributed by atoms with E-state index in [0.717, 1.165) is 6.42 Å². The molecule has 0 aliphatic carbocycles. The van der Waals surface area contributed by atoms with E-state index in [9.17, 15) is 8.42 Å². The summed E-state index contributed by atoms with van der Waals surface area (Å²) in [7, 11) is -3.21. The SMILES string of the molecule is CCCn1nnnc1CS(=O)(=O)CCOCC. The normalized spacial score (nSPS) is 11.9. The van der Waals surface area contributed by atoms with Gasteiger partial charge < -0.3 is 4.74 Å². The highest BCUT2D eigenvalue weighted by Crippen LogP contribution is 2.03. The van der Waals surface area contributed by atoms with Gasteiger partial charge in [-0.2, -0.15) is 0 Å². The summed E-state index contributed by atoms with van der Waals surface area (Å²) in [6.07, 6.45) is 0.858. The van der Waals surface area contributed by atoms with Crippen LogP contribution in [0.15, 0.2) is 0 Å². The van der Waals surface area contributed by atoms with Crippen molar-refractivity contribution in [2.24, 2.45) is 0 Å². The number of nitrogens with zero attached hydrogens (tertiary/aromatic N) is 4. The zero-order valence-corrected chi connectivity index (χ0v) is 11.0. The summed E-state index contributed by atoms with van der Waals surface area (Å²) < 4.78 is 30.0. The molecular formula is C9H18N4O3S. The van der Waals surface area contributed by atoms with Crippen molar-refractivity contribution in [2.75, 3.05) is 19.0 Å². The quantitative estimate of drug-likeness (QED) is 0.614. The van der Waals surface area contributed by atoms with E-state index in [-0.39, 0.29) is 18.1 Å². The molecule has 1 rings (SSSR count). The molecular weight excluding hydrogens is 244 g/mol. The number of sulfone groups is 1. The fraction of sp³-hybridized carbons (Fsp3) is 0.889. The third kappa shape index (κ3) is 4.78. The fourth-order valence-electron chi connectivity index (χ4n) is 1.31. The van der Waals surface area contributed by atoms with Crippen LogP contribution in [0.25, 0.3) is 0 Å². The topological polar surface area (TPSA) is 87.0 Å². The summed E-state index contributed by atoms with van der Waals surface area (Å²) in [6.45, 7) is 5.17. The van der Waals surface area contributed by atoms with E-state index in [4.69, 9.17) is 4.74 Å². The minimum Gasteiger partial charge on any atom is -0.381 e. The average molecular weight is 262 g/mol. The van der Waals surface area contributed by atoms with Gasteiger partial charge in [0.15, 0.2) is 15.7 Å². The average Bonchev–Trinajstić information content (AvgIpc) is 2.66. The fourth-order valence-corrected chi connectivity index (χ4v) is 2.43. The summed E-state index contributed by atoms with van der Waals surface area (Å²) in [4.78, 5) is 0. The van der Waals surface area contributed by atoms with Crippen LogP contribution in [0.2, 0.25) is 0 Å². The first kappa shape index (κ1) is 14.0. The molecule has 0 bridgehead atoms. The van der Waals surface area contributed by atoms with E-state index >= 15 is 0 Å². The highest BCUT2D eigenvalue weighted by atomic mass is 32.2.